The molecule has 0 fully saturated rings. The van der Waals surface area contributed by atoms with Gasteiger partial charge < -0.3 is 9.73 Å². The summed E-state index contributed by atoms with van der Waals surface area (Å²) >= 11 is 0. The number of nitrogens with one attached hydrogen (secondary N) is 1. The van der Waals surface area contributed by atoms with Gasteiger partial charge in [0.1, 0.15) is 11.6 Å². The first-order chi connectivity index (χ1) is 10.9. The van der Waals surface area contributed by atoms with E-state index in [0.717, 1.165) is 28.5 Å². The molecule has 22 heavy (non-hydrogen) atoms. The van der Waals surface area contributed by atoms with Gasteiger partial charge in [-0.15, -0.1) is 5.10 Å². The maximum Gasteiger partial charge on any atom is 0.154 e. The lowest BCUT2D eigenvalue weighted by Crippen LogP contribution is -2.04. The average molecular weight is 291 g/mol. The summed E-state index contributed by atoms with van der Waals surface area (Å²) in [7, 11) is 0. The predicted molar refractivity (Wildman–Crippen MR) is 82.3 cm³/mol. The molecule has 0 aliphatic heterocycles. The zero-order chi connectivity index (χ0) is 14.8. The van der Waals surface area contributed by atoms with Crippen molar-refractivity contribution in [3.63, 3.8) is 0 Å². The van der Waals surface area contributed by atoms with Crippen LogP contribution in [-0.4, -0.2) is 19.6 Å². The summed E-state index contributed by atoms with van der Waals surface area (Å²) in [5.41, 5.74) is 2.68. The first-order valence-electron chi connectivity index (χ1n) is 6.91. The molecule has 4 rings (SSSR count). The number of aromatic nitrogens is 4. The number of hydrogen-bond acceptors (Lipinski definition) is 5. The number of anilines is 1. The predicted octanol–water partition coefficient (Wildman–Crippen LogP) is 3.00. The van der Waals surface area contributed by atoms with Gasteiger partial charge in [-0.05, 0) is 36.4 Å². The number of furan rings is 1. The van der Waals surface area contributed by atoms with Gasteiger partial charge in [0.05, 0.1) is 24.7 Å². The van der Waals surface area contributed by atoms with Crippen LogP contribution in [0.5, 0.6) is 0 Å². The van der Waals surface area contributed by atoms with Gasteiger partial charge in [0.25, 0.3) is 0 Å². The van der Waals surface area contributed by atoms with Gasteiger partial charge in [-0.25, -0.2) is 9.50 Å². The van der Waals surface area contributed by atoms with Crippen molar-refractivity contribution in [2.45, 2.75) is 6.54 Å². The fourth-order valence-corrected chi connectivity index (χ4v) is 2.27. The molecule has 108 valence electrons. The van der Waals surface area contributed by atoms with Crippen LogP contribution in [0.2, 0.25) is 0 Å². The van der Waals surface area contributed by atoms with Crippen LogP contribution >= 0.6 is 0 Å². The van der Waals surface area contributed by atoms with E-state index in [4.69, 9.17) is 4.42 Å². The molecule has 4 heterocycles. The topological polar surface area (TPSA) is 68.2 Å². The molecule has 0 aliphatic rings. The van der Waals surface area contributed by atoms with Gasteiger partial charge in [0, 0.05) is 18.0 Å². The van der Waals surface area contributed by atoms with Crippen molar-refractivity contribution in [3.05, 3.63) is 67.0 Å². The second-order valence-corrected chi connectivity index (χ2v) is 4.81. The summed E-state index contributed by atoms with van der Waals surface area (Å²) in [5.74, 6) is 1.62. The highest BCUT2D eigenvalue weighted by atomic mass is 16.3. The van der Waals surface area contributed by atoms with Crippen molar-refractivity contribution < 1.29 is 4.42 Å². The fourth-order valence-electron chi connectivity index (χ4n) is 2.27. The van der Waals surface area contributed by atoms with Crippen LogP contribution in [0.3, 0.4) is 0 Å². The maximum absolute atomic E-state index is 5.30. The molecule has 0 aliphatic carbocycles. The van der Waals surface area contributed by atoms with Crippen molar-refractivity contribution in [3.8, 4) is 11.3 Å². The third-order valence-corrected chi connectivity index (χ3v) is 3.34. The molecule has 6 nitrogen and oxygen atoms in total. The Morgan fingerprint density at radius 1 is 1.09 bits per heavy atom. The largest absolute Gasteiger partial charge is 0.467 e. The molecule has 0 unspecified atom stereocenters. The molecular formula is C16H13N5O. The second-order valence-electron chi connectivity index (χ2n) is 4.81. The minimum absolute atomic E-state index is 0.586. The van der Waals surface area contributed by atoms with Gasteiger partial charge in [-0.1, -0.05) is 0 Å². The summed E-state index contributed by atoms with van der Waals surface area (Å²) in [6, 6.07) is 11.5. The van der Waals surface area contributed by atoms with Crippen LogP contribution in [0.25, 0.3) is 16.9 Å². The standard InChI is InChI=1S/C16H13N5O/c1-3-12(9-17-7-1)14-11-19-16-6-5-15(20-21(14)16)18-10-13-4-2-8-22-13/h1-9,11H,10H2,(H,18,20). The Labute approximate surface area is 126 Å². The highest BCUT2D eigenvalue weighted by Gasteiger charge is 2.08. The number of pyridine rings is 1. The van der Waals surface area contributed by atoms with Crippen molar-refractivity contribution >= 4 is 11.5 Å². The van der Waals surface area contributed by atoms with E-state index in [1.54, 1.807) is 24.9 Å². The van der Waals surface area contributed by atoms with Crippen LogP contribution < -0.4 is 5.32 Å². The van der Waals surface area contributed by atoms with E-state index in [2.05, 4.69) is 20.4 Å². The monoisotopic (exact) mass is 291 g/mol. The fraction of sp³-hybridized carbons (Fsp3) is 0.0625. The van der Waals surface area contributed by atoms with E-state index in [1.165, 1.54) is 0 Å². The number of hydrogen-bond donors (Lipinski definition) is 1. The summed E-state index contributed by atoms with van der Waals surface area (Å²) in [6.45, 7) is 0.586. The molecule has 1 N–H and O–H groups in total. The third-order valence-electron chi connectivity index (χ3n) is 3.34. The van der Waals surface area contributed by atoms with E-state index in [0.29, 0.717) is 6.54 Å². The Hall–Kier alpha value is -3.15. The summed E-state index contributed by atoms with van der Waals surface area (Å²) in [6.07, 6.45) is 7.00. The Morgan fingerprint density at radius 2 is 2.09 bits per heavy atom. The van der Waals surface area contributed by atoms with Crippen LogP contribution in [0.1, 0.15) is 5.76 Å². The van der Waals surface area contributed by atoms with E-state index < -0.39 is 0 Å². The van der Waals surface area contributed by atoms with E-state index in [9.17, 15) is 0 Å². The molecular weight excluding hydrogens is 278 g/mol. The van der Waals surface area contributed by atoms with Crippen LogP contribution in [-0.2, 0) is 6.54 Å². The molecule has 0 atom stereocenters. The Bertz CT molecular complexity index is 883. The summed E-state index contributed by atoms with van der Waals surface area (Å²) in [5, 5.41) is 7.82. The Kier molecular flexibility index (Phi) is 3.05. The van der Waals surface area contributed by atoms with Gasteiger partial charge in [0.15, 0.2) is 5.65 Å². The second kappa shape index (κ2) is 5.33. The van der Waals surface area contributed by atoms with E-state index >= 15 is 0 Å². The maximum atomic E-state index is 5.30. The minimum Gasteiger partial charge on any atom is -0.467 e. The molecule has 6 heteroatoms. The van der Waals surface area contributed by atoms with Gasteiger partial charge >= 0.3 is 0 Å². The molecule has 0 spiro atoms. The van der Waals surface area contributed by atoms with Crippen molar-refractivity contribution in [2.24, 2.45) is 0 Å². The first kappa shape index (κ1) is 12.6. The van der Waals surface area contributed by atoms with Gasteiger partial charge in [-0.2, -0.15) is 0 Å². The quantitative estimate of drug-likeness (QED) is 0.626. The van der Waals surface area contributed by atoms with Gasteiger partial charge in [0.2, 0.25) is 0 Å². The van der Waals surface area contributed by atoms with E-state index in [-0.39, 0.29) is 0 Å². The molecule has 0 saturated carbocycles. The van der Waals surface area contributed by atoms with Crippen molar-refractivity contribution in [1.29, 1.82) is 0 Å². The van der Waals surface area contributed by atoms with Crippen molar-refractivity contribution in [1.82, 2.24) is 19.6 Å². The van der Waals surface area contributed by atoms with Crippen LogP contribution in [0, 0.1) is 0 Å². The molecule has 0 bridgehead atoms. The summed E-state index contributed by atoms with van der Waals surface area (Å²) < 4.78 is 7.11. The number of fused-ring (bicyclic) bond motifs is 1. The smallest absolute Gasteiger partial charge is 0.154 e. The van der Waals surface area contributed by atoms with E-state index in [1.807, 2.05) is 40.9 Å². The SMILES string of the molecule is c1cncc(-c2cnc3ccc(NCc4ccco4)nn23)c1. The minimum atomic E-state index is 0.586. The number of rotatable bonds is 4. The Balaban J connectivity index is 1.67. The molecule has 0 saturated heterocycles. The molecule has 4 aromatic rings. The van der Waals surface area contributed by atoms with Crippen LogP contribution in [0.4, 0.5) is 5.82 Å². The molecule has 4 aromatic heterocycles. The first-order valence-corrected chi connectivity index (χ1v) is 6.91. The lowest BCUT2D eigenvalue weighted by Gasteiger charge is -2.05. The highest BCUT2D eigenvalue weighted by Crippen LogP contribution is 2.19. The Morgan fingerprint density at radius 3 is 2.91 bits per heavy atom. The van der Waals surface area contributed by atoms with Gasteiger partial charge in [-0.3, -0.25) is 4.98 Å². The number of imidazole rings is 1. The highest BCUT2D eigenvalue weighted by molar-refractivity contribution is 5.62. The summed E-state index contributed by atoms with van der Waals surface area (Å²) in [4.78, 5) is 8.52. The molecule has 0 radical (unpaired) electrons. The van der Waals surface area contributed by atoms with Crippen molar-refractivity contribution in [2.75, 3.05) is 5.32 Å². The third kappa shape index (κ3) is 2.31. The lowest BCUT2D eigenvalue weighted by atomic mass is 10.2. The molecule has 0 amide bonds. The zero-order valence-electron chi connectivity index (χ0n) is 11.7. The average Bonchev–Trinajstić information content (AvgIpc) is 3.23. The lowest BCUT2D eigenvalue weighted by molar-refractivity contribution is 0.517. The van der Waals surface area contributed by atoms with Crippen LogP contribution in [0.15, 0.2) is 65.7 Å². The zero-order valence-corrected chi connectivity index (χ0v) is 11.7. The number of nitrogens with zero attached hydrogens (tertiary/aromatic N) is 4. The molecule has 0 aromatic carbocycles. The normalized spacial score (nSPS) is 10.9.